The Morgan fingerprint density at radius 1 is 0.370 bits per heavy atom. The van der Waals surface area contributed by atoms with Crippen LogP contribution >= 0.6 is 24.8 Å². The third-order valence-electron chi connectivity index (χ3n) is 3.18. The van der Waals surface area contributed by atoms with Gasteiger partial charge in [0.05, 0.1) is 22.8 Å². The van der Waals surface area contributed by atoms with Gasteiger partial charge in [0.15, 0.2) is 0 Å². The Labute approximate surface area is 184 Å². The fraction of sp³-hybridized carbons (Fsp3) is 0. The van der Waals surface area contributed by atoms with Gasteiger partial charge in [0.25, 0.3) is 0 Å². The Morgan fingerprint density at radius 3 is 0.741 bits per heavy atom. The molecule has 4 rings (SSSR count). The second-order valence-corrected chi connectivity index (χ2v) is 4.86. The molecule has 4 heterocycles. The Balaban J connectivity index is 0.000000451. The molecule has 4 nitrogen and oxygen atoms in total. The second-order valence-electron chi connectivity index (χ2n) is 4.86. The zero-order valence-corrected chi connectivity index (χ0v) is 18.4. The number of halogens is 2. The van der Waals surface area contributed by atoms with Gasteiger partial charge in [0, 0.05) is 44.6 Å². The van der Waals surface area contributed by atoms with Gasteiger partial charge in [-0.2, -0.15) is 0 Å². The monoisotopic (exact) mass is 576 g/mol. The summed E-state index contributed by atoms with van der Waals surface area (Å²) in [5, 5.41) is 0. The molecule has 4 aromatic rings. The van der Waals surface area contributed by atoms with Gasteiger partial charge >= 0.3 is 0 Å². The van der Waals surface area contributed by atoms with Gasteiger partial charge in [0.2, 0.25) is 0 Å². The summed E-state index contributed by atoms with van der Waals surface area (Å²) in [5.41, 5.74) is 3.66. The van der Waals surface area contributed by atoms with Gasteiger partial charge in [0.1, 0.15) is 0 Å². The van der Waals surface area contributed by atoms with E-state index < -0.39 is 0 Å². The van der Waals surface area contributed by atoms with Crippen LogP contribution in [0.2, 0.25) is 0 Å². The quantitative estimate of drug-likeness (QED) is 0.333. The van der Waals surface area contributed by atoms with E-state index in [4.69, 9.17) is 0 Å². The molecule has 0 atom stereocenters. The summed E-state index contributed by atoms with van der Waals surface area (Å²) in [7, 11) is 0. The zero-order valence-electron chi connectivity index (χ0n) is 14.2. The fourth-order valence-electron chi connectivity index (χ4n) is 2.06. The molecule has 0 aromatic carbocycles. The molecule has 0 saturated heterocycles. The van der Waals surface area contributed by atoms with E-state index in [1.807, 2.05) is 72.8 Å². The maximum atomic E-state index is 4.19. The summed E-state index contributed by atoms with van der Waals surface area (Å²) in [6.45, 7) is 0. The van der Waals surface area contributed by atoms with Crippen molar-refractivity contribution < 1.29 is 19.8 Å². The molecule has 0 spiro atoms. The van der Waals surface area contributed by atoms with Crippen LogP contribution in [-0.4, -0.2) is 19.9 Å². The third-order valence-corrected chi connectivity index (χ3v) is 3.18. The van der Waals surface area contributed by atoms with Crippen LogP contribution in [0, 0.1) is 0 Å². The molecule has 0 aliphatic rings. The number of hydrogen-bond donors (Lipinski definition) is 0. The van der Waals surface area contributed by atoms with Crippen LogP contribution in [0.25, 0.3) is 22.8 Å². The molecule has 7 heteroatoms. The van der Waals surface area contributed by atoms with E-state index in [1.54, 1.807) is 24.8 Å². The predicted molar refractivity (Wildman–Crippen MR) is 109 cm³/mol. The molecule has 0 saturated carbocycles. The van der Waals surface area contributed by atoms with Crippen molar-refractivity contribution in [2.75, 3.05) is 0 Å². The summed E-state index contributed by atoms with van der Waals surface area (Å²) in [6.07, 6.45) is 7.07. The van der Waals surface area contributed by atoms with Crippen molar-refractivity contribution in [2.45, 2.75) is 0 Å². The molecule has 140 valence electrons. The minimum Gasteiger partial charge on any atom is -0.255 e. The van der Waals surface area contributed by atoms with Crippen LogP contribution < -0.4 is 0 Å². The molecule has 0 fully saturated rings. The van der Waals surface area contributed by atoms with Crippen LogP contribution in [0.3, 0.4) is 0 Å². The number of aromatic nitrogens is 4. The van der Waals surface area contributed by atoms with E-state index in [0.29, 0.717) is 0 Å². The van der Waals surface area contributed by atoms with Crippen molar-refractivity contribution >= 4 is 24.8 Å². The number of pyridine rings is 4. The third kappa shape index (κ3) is 7.93. The molecule has 0 N–H and O–H groups in total. The SMILES string of the molecule is Cl.Cl.[Os].c1ccc(-c2ccccn2)nc1.c1ccc(-c2ccccn2)nc1. The first-order valence-corrected chi connectivity index (χ1v) is 7.58. The van der Waals surface area contributed by atoms with Gasteiger partial charge in [-0.3, -0.25) is 19.9 Å². The second kappa shape index (κ2) is 13.9. The molecule has 4 aromatic heterocycles. The molecular formula is C20H18Cl2N4Os. The molecule has 0 amide bonds. The maximum Gasteiger partial charge on any atom is 0.0886 e. The summed E-state index contributed by atoms with van der Waals surface area (Å²) in [4.78, 5) is 16.7. The van der Waals surface area contributed by atoms with Crippen molar-refractivity contribution in [1.82, 2.24) is 19.9 Å². The molecule has 0 aliphatic heterocycles. The molecule has 0 unspecified atom stereocenters. The molecule has 27 heavy (non-hydrogen) atoms. The smallest absolute Gasteiger partial charge is 0.0886 e. The zero-order chi connectivity index (χ0) is 16.5. The van der Waals surface area contributed by atoms with Gasteiger partial charge in [-0.05, 0) is 48.5 Å². The van der Waals surface area contributed by atoms with E-state index in [1.165, 1.54) is 0 Å². The summed E-state index contributed by atoms with van der Waals surface area (Å²) in [6, 6.07) is 23.2. The molecule has 0 bridgehead atoms. The summed E-state index contributed by atoms with van der Waals surface area (Å²) >= 11 is 0. The van der Waals surface area contributed by atoms with E-state index in [9.17, 15) is 0 Å². The normalized spacial score (nSPS) is 8.59. The van der Waals surface area contributed by atoms with Gasteiger partial charge in [-0.1, -0.05) is 24.3 Å². The average molecular weight is 576 g/mol. The minimum atomic E-state index is 0. The molecule has 0 aliphatic carbocycles. The minimum absolute atomic E-state index is 0. The van der Waals surface area contributed by atoms with Crippen molar-refractivity contribution in [3.8, 4) is 22.8 Å². The van der Waals surface area contributed by atoms with E-state index in [0.717, 1.165) is 22.8 Å². The van der Waals surface area contributed by atoms with Crippen molar-refractivity contribution in [2.24, 2.45) is 0 Å². The average Bonchev–Trinajstić information content (AvgIpc) is 2.71. The number of nitrogens with zero attached hydrogens (tertiary/aromatic N) is 4. The van der Waals surface area contributed by atoms with Crippen molar-refractivity contribution in [3.05, 3.63) is 97.6 Å². The molecule has 0 radical (unpaired) electrons. The van der Waals surface area contributed by atoms with Gasteiger partial charge in [-0.15, -0.1) is 24.8 Å². The van der Waals surface area contributed by atoms with E-state index >= 15 is 0 Å². The topological polar surface area (TPSA) is 51.6 Å². The van der Waals surface area contributed by atoms with Gasteiger partial charge in [-0.25, -0.2) is 0 Å². The first-order valence-electron chi connectivity index (χ1n) is 7.58. The van der Waals surface area contributed by atoms with E-state index in [-0.39, 0.29) is 44.6 Å². The van der Waals surface area contributed by atoms with Crippen LogP contribution in [0.4, 0.5) is 0 Å². The Kier molecular flexibility index (Phi) is 12.8. The first-order chi connectivity index (χ1) is 11.9. The predicted octanol–water partition coefficient (Wildman–Crippen LogP) is 5.13. The standard InChI is InChI=1S/2C10H8N2.2ClH.Os/c2*1-3-7-11-9(5-1)10-6-2-4-8-12-10;;;/h2*1-8H;2*1H;. The number of hydrogen-bond acceptors (Lipinski definition) is 4. The van der Waals surface area contributed by atoms with Crippen LogP contribution in [-0.2, 0) is 19.8 Å². The van der Waals surface area contributed by atoms with Crippen molar-refractivity contribution in [1.29, 1.82) is 0 Å². The van der Waals surface area contributed by atoms with Crippen LogP contribution in [0.15, 0.2) is 97.6 Å². The maximum absolute atomic E-state index is 4.19. The van der Waals surface area contributed by atoms with Crippen LogP contribution in [0.5, 0.6) is 0 Å². The van der Waals surface area contributed by atoms with Gasteiger partial charge < -0.3 is 0 Å². The number of rotatable bonds is 2. The Morgan fingerprint density at radius 2 is 0.593 bits per heavy atom. The largest absolute Gasteiger partial charge is 0.255 e. The fourth-order valence-corrected chi connectivity index (χ4v) is 2.06. The van der Waals surface area contributed by atoms with E-state index in [2.05, 4.69) is 19.9 Å². The molecular weight excluding hydrogens is 557 g/mol. The first kappa shape index (κ1) is 24.8. The summed E-state index contributed by atoms with van der Waals surface area (Å²) in [5.74, 6) is 0. The van der Waals surface area contributed by atoms with Crippen molar-refractivity contribution in [3.63, 3.8) is 0 Å². The summed E-state index contributed by atoms with van der Waals surface area (Å²) < 4.78 is 0. The Bertz CT molecular complexity index is 702. The van der Waals surface area contributed by atoms with Crippen LogP contribution in [0.1, 0.15) is 0 Å². The Hall–Kier alpha value is -2.18.